The highest BCUT2D eigenvalue weighted by Crippen LogP contribution is 2.17. The molecule has 118 valence electrons. The molecule has 2 atom stereocenters. The van der Waals surface area contributed by atoms with E-state index in [0.717, 1.165) is 25.7 Å². The molecule has 1 aliphatic carbocycles. The number of rotatable bonds is 8. The Morgan fingerprint density at radius 1 is 1.20 bits per heavy atom. The third-order valence-corrected chi connectivity index (χ3v) is 4.57. The Labute approximate surface area is 123 Å². The molecule has 1 saturated carbocycles. The van der Waals surface area contributed by atoms with Crippen LogP contribution < -0.4 is 10.6 Å². The van der Waals surface area contributed by atoms with Crippen LogP contribution in [0.15, 0.2) is 0 Å². The maximum Gasteiger partial charge on any atom is 0.237 e. The monoisotopic (exact) mass is 284 g/mol. The molecule has 1 fully saturated rings. The van der Waals surface area contributed by atoms with E-state index in [9.17, 15) is 9.90 Å². The van der Waals surface area contributed by atoms with Gasteiger partial charge in [0.05, 0.1) is 12.1 Å². The minimum Gasteiger partial charge on any atom is -0.392 e. The normalized spacial score (nSPS) is 19.9. The summed E-state index contributed by atoms with van der Waals surface area (Å²) in [5, 5.41) is 16.3. The summed E-state index contributed by atoms with van der Waals surface area (Å²) in [6.07, 6.45) is 7.53. The lowest BCUT2D eigenvalue weighted by atomic mass is 9.95. The van der Waals surface area contributed by atoms with Crippen LogP contribution in [0.2, 0.25) is 0 Å². The van der Waals surface area contributed by atoms with Gasteiger partial charge in [-0.2, -0.15) is 0 Å². The summed E-state index contributed by atoms with van der Waals surface area (Å²) in [5.74, 6) is 0.379. The van der Waals surface area contributed by atoms with E-state index in [1.54, 1.807) is 0 Å². The molecule has 0 radical (unpaired) electrons. The lowest BCUT2D eigenvalue weighted by Crippen LogP contribution is -2.49. The summed E-state index contributed by atoms with van der Waals surface area (Å²) in [6.45, 7) is 6.55. The standard InChI is InChI=1S/C16H32N2O2/c1-4-13(5-2)15(19)11-17-12(3)16(20)18-14-9-7-6-8-10-14/h12-15,17,19H,4-11H2,1-3H3,(H,18,20). The number of aliphatic hydroxyl groups excluding tert-OH is 1. The van der Waals surface area contributed by atoms with E-state index in [0.29, 0.717) is 18.5 Å². The van der Waals surface area contributed by atoms with Crippen molar-refractivity contribution in [1.29, 1.82) is 0 Å². The van der Waals surface area contributed by atoms with E-state index in [-0.39, 0.29) is 18.1 Å². The van der Waals surface area contributed by atoms with Crippen molar-refractivity contribution < 1.29 is 9.90 Å². The topological polar surface area (TPSA) is 61.4 Å². The van der Waals surface area contributed by atoms with Gasteiger partial charge in [-0.25, -0.2) is 0 Å². The van der Waals surface area contributed by atoms with Crippen LogP contribution in [0.3, 0.4) is 0 Å². The Morgan fingerprint density at radius 3 is 2.35 bits per heavy atom. The molecule has 0 saturated heterocycles. The lowest BCUT2D eigenvalue weighted by Gasteiger charge is -2.26. The van der Waals surface area contributed by atoms with Crippen LogP contribution in [0.1, 0.15) is 65.7 Å². The molecule has 20 heavy (non-hydrogen) atoms. The molecule has 1 aliphatic rings. The minimum absolute atomic E-state index is 0.0636. The summed E-state index contributed by atoms with van der Waals surface area (Å²) >= 11 is 0. The average molecular weight is 284 g/mol. The average Bonchev–Trinajstić information content (AvgIpc) is 2.47. The molecular formula is C16H32N2O2. The summed E-state index contributed by atoms with van der Waals surface area (Å²) in [6, 6.07) is 0.116. The van der Waals surface area contributed by atoms with Gasteiger partial charge in [0.1, 0.15) is 0 Å². The number of aliphatic hydroxyl groups is 1. The molecule has 0 bridgehead atoms. The first-order chi connectivity index (χ1) is 9.58. The number of amides is 1. The van der Waals surface area contributed by atoms with E-state index in [1.165, 1.54) is 19.3 Å². The summed E-state index contributed by atoms with van der Waals surface area (Å²) in [7, 11) is 0. The van der Waals surface area contributed by atoms with Crippen molar-refractivity contribution in [3.8, 4) is 0 Å². The third kappa shape index (κ3) is 5.80. The number of hydrogen-bond acceptors (Lipinski definition) is 3. The van der Waals surface area contributed by atoms with Gasteiger partial charge in [-0.05, 0) is 25.7 Å². The molecule has 2 unspecified atom stereocenters. The number of hydrogen-bond donors (Lipinski definition) is 3. The molecule has 0 heterocycles. The number of carbonyl (C=O) groups excluding carboxylic acids is 1. The van der Waals surface area contributed by atoms with E-state index in [2.05, 4.69) is 24.5 Å². The maximum absolute atomic E-state index is 12.1. The summed E-state index contributed by atoms with van der Waals surface area (Å²) in [4.78, 5) is 12.1. The fourth-order valence-corrected chi connectivity index (χ4v) is 2.96. The van der Waals surface area contributed by atoms with Crippen molar-refractivity contribution >= 4 is 5.91 Å². The zero-order valence-corrected chi connectivity index (χ0v) is 13.3. The highest BCUT2D eigenvalue weighted by atomic mass is 16.3. The second-order valence-electron chi connectivity index (χ2n) is 6.12. The molecule has 3 N–H and O–H groups in total. The van der Waals surface area contributed by atoms with Gasteiger partial charge in [0.2, 0.25) is 5.91 Å². The molecular weight excluding hydrogens is 252 g/mol. The quantitative estimate of drug-likeness (QED) is 0.640. The molecule has 1 amide bonds. The van der Waals surface area contributed by atoms with Crippen molar-refractivity contribution in [2.45, 2.75) is 83.9 Å². The molecule has 0 aromatic carbocycles. The lowest BCUT2D eigenvalue weighted by molar-refractivity contribution is -0.123. The van der Waals surface area contributed by atoms with Crippen molar-refractivity contribution in [3.05, 3.63) is 0 Å². The fraction of sp³-hybridized carbons (Fsp3) is 0.938. The van der Waals surface area contributed by atoms with E-state index < -0.39 is 0 Å². The molecule has 0 aromatic rings. The highest BCUT2D eigenvalue weighted by Gasteiger charge is 2.21. The van der Waals surface area contributed by atoms with Crippen LogP contribution in [0.25, 0.3) is 0 Å². The van der Waals surface area contributed by atoms with Gasteiger partial charge in [-0.15, -0.1) is 0 Å². The van der Waals surface area contributed by atoms with E-state index >= 15 is 0 Å². The first-order valence-electron chi connectivity index (χ1n) is 8.30. The Bertz CT molecular complexity index is 274. The summed E-state index contributed by atoms with van der Waals surface area (Å²) in [5.41, 5.74) is 0. The number of nitrogens with one attached hydrogen (secondary N) is 2. The third-order valence-electron chi connectivity index (χ3n) is 4.57. The van der Waals surface area contributed by atoms with Gasteiger partial charge in [0.15, 0.2) is 0 Å². The Hall–Kier alpha value is -0.610. The van der Waals surface area contributed by atoms with Crippen molar-refractivity contribution in [1.82, 2.24) is 10.6 Å². The summed E-state index contributed by atoms with van der Waals surface area (Å²) < 4.78 is 0. The minimum atomic E-state index is -0.366. The maximum atomic E-state index is 12.1. The van der Waals surface area contributed by atoms with Crippen LogP contribution >= 0.6 is 0 Å². The van der Waals surface area contributed by atoms with Crippen molar-refractivity contribution in [3.63, 3.8) is 0 Å². The fourth-order valence-electron chi connectivity index (χ4n) is 2.96. The SMILES string of the molecule is CCC(CC)C(O)CNC(C)C(=O)NC1CCCCC1. The molecule has 0 spiro atoms. The number of carbonyl (C=O) groups is 1. The molecule has 4 nitrogen and oxygen atoms in total. The highest BCUT2D eigenvalue weighted by molar-refractivity contribution is 5.81. The Kier molecular flexibility index (Phi) is 8.15. The first-order valence-corrected chi connectivity index (χ1v) is 8.30. The van der Waals surface area contributed by atoms with Gasteiger partial charge in [-0.1, -0.05) is 46.0 Å². The van der Waals surface area contributed by atoms with Gasteiger partial charge >= 0.3 is 0 Å². The van der Waals surface area contributed by atoms with Crippen LogP contribution in [-0.4, -0.2) is 35.7 Å². The zero-order chi connectivity index (χ0) is 15.0. The Balaban J connectivity index is 2.26. The predicted octanol–water partition coefficient (Wildman–Crippen LogP) is 2.21. The molecule has 4 heteroatoms. The first kappa shape index (κ1) is 17.4. The smallest absolute Gasteiger partial charge is 0.237 e. The van der Waals surface area contributed by atoms with E-state index in [4.69, 9.17) is 0 Å². The Morgan fingerprint density at radius 2 is 1.80 bits per heavy atom. The molecule has 1 rings (SSSR count). The molecule has 0 aliphatic heterocycles. The van der Waals surface area contributed by atoms with Crippen LogP contribution in [0, 0.1) is 5.92 Å². The predicted molar refractivity (Wildman–Crippen MR) is 82.6 cm³/mol. The van der Waals surface area contributed by atoms with Crippen molar-refractivity contribution in [2.24, 2.45) is 5.92 Å². The van der Waals surface area contributed by atoms with Crippen LogP contribution in [0.4, 0.5) is 0 Å². The second-order valence-corrected chi connectivity index (χ2v) is 6.12. The van der Waals surface area contributed by atoms with Crippen LogP contribution in [-0.2, 0) is 4.79 Å². The largest absolute Gasteiger partial charge is 0.392 e. The van der Waals surface area contributed by atoms with E-state index in [1.807, 2.05) is 6.92 Å². The van der Waals surface area contributed by atoms with Gasteiger partial charge in [0.25, 0.3) is 0 Å². The van der Waals surface area contributed by atoms with Gasteiger partial charge in [0, 0.05) is 12.6 Å². The zero-order valence-electron chi connectivity index (χ0n) is 13.3. The van der Waals surface area contributed by atoms with Crippen molar-refractivity contribution in [2.75, 3.05) is 6.54 Å². The second kappa shape index (κ2) is 9.35. The van der Waals surface area contributed by atoms with Gasteiger partial charge < -0.3 is 15.7 Å². The molecule has 0 aromatic heterocycles. The van der Waals surface area contributed by atoms with Gasteiger partial charge in [-0.3, -0.25) is 4.79 Å². The van der Waals surface area contributed by atoms with Crippen LogP contribution in [0.5, 0.6) is 0 Å².